The number of likely N-dealkylation sites (N-methyl/N-ethyl adjacent to an activating group) is 1. The summed E-state index contributed by atoms with van der Waals surface area (Å²) in [7, 11) is 3.31. The number of amides is 1. The first kappa shape index (κ1) is 22.2. The molecular weight excluding hydrogens is 427 g/mol. The molecule has 1 heterocycles. The number of anilines is 1. The highest BCUT2D eigenvalue weighted by atomic mass is 35.5. The van der Waals surface area contributed by atoms with E-state index in [9.17, 15) is 9.59 Å². The van der Waals surface area contributed by atoms with Gasteiger partial charge in [0.25, 0.3) is 0 Å². The molecule has 30 heavy (non-hydrogen) atoms. The van der Waals surface area contributed by atoms with Crippen LogP contribution in [0.5, 0.6) is 5.75 Å². The molecule has 0 unspecified atom stereocenters. The summed E-state index contributed by atoms with van der Waals surface area (Å²) >= 11 is 12.4. The topological polar surface area (TPSA) is 71.8 Å². The smallest absolute Gasteiger partial charge is 0.336 e. The molecule has 1 N–H and O–H groups in total. The van der Waals surface area contributed by atoms with Gasteiger partial charge in [0, 0.05) is 28.0 Å². The minimum Gasteiger partial charge on any atom is -0.495 e. The zero-order chi connectivity index (χ0) is 21.8. The number of ether oxygens (including phenoxy) is 1. The summed E-state index contributed by atoms with van der Waals surface area (Å²) in [6.45, 7) is 2.44. The monoisotopic (exact) mass is 448 g/mol. The number of aryl methyl sites for hydroxylation is 1. The molecule has 3 aromatic rings. The third-order valence-corrected chi connectivity index (χ3v) is 5.25. The Morgan fingerprint density at radius 1 is 1.17 bits per heavy atom. The predicted octanol–water partition coefficient (Wildman–Crippen LogP) is 4.74. The van der Waals surface area contributed by atoms with Crippen LogP contribution < -0.4 is 15.7 Å². The van der Waals surface area contributed by atoms with Crippen LogP contribution in [0.25, 0.3) is 11.0 Å². The zero-order valence-electron chi connectivity index (χ0n) is 16.9. The molecule has 0 fully saturated rings. The molecule has 0 bridgehead atoms. The Morgan fingerprint density at radius 3 is 2.63 bits per heavy atom. The number of methoxy groups -OCH3 is 1. The summed E-state index contributed by atoms with van der Waals surface area (Å²) in [6, 6.07) is 10.0. The largest absolute Gasteiger partial charge is 0.495 e. The highest BCUT2D eigenvalue weighted by Gasteiger charge is 2.14. The lowest BCUT2D eigenvalue weighted by molar-refractivity contribution is -0.117. The van der Waals surface area contributed by atoms with Crippen molar-refractivity contribution in [2.45, 2.75) is 19.9 Å². The summed E-state index contributed by atoms with van der Waals surface area (Å²) < 4.78 is 10.6. The van der Waals surface area contributed by atoms with Crippen LogP contribution in [-0.2, 0) is 17.8 Å². The van der Waals surface area contributed by atoms with E-state index in [-0.39, 0.29) is 12.5 Å². The first-order valence-electron chi connectivity index (χ1n) is 9.37. The van der Waals surface area contributed by atoms with Crippen molar-refractivity contribution in [1.29, 1.82) is 0 Å². The standard InChI is InChI=1S/C22H22Cl2N2O4/c1-4-13-7-20-16(10-17(13)24)14(8-22(28)30-20)11-26(2)12-21(27)25-18-9-15(23)5-6-19(18)29-3/h5-10H,4,11-12H2,1-3H3,(H,25,27). The molecule has 2 aromatic carbocycles. The van der Waals surface area contributed by atoms with E-state index >= 15 is 0 Å². The number of halogens is 2. The molecule has 3 rings (SSSR count). The van der Waals surface area contributed by atoms with E-state index in [1.54, 1.807) is 42.3 Å². The first-order valence-corrected chi connectivity index (χ1v) is 10.1. The maximum absolute atomic E-state index is 12.5. The number of nitrogens with one attached hydrogen (secondary N) is 1. The second kappa shape index (κ2) is 9.51. The second-order valence-corrected chi connectivity index (χ2v) is 7.79. The molecule has 0 aliphatic carbocycles. The van der Waals surface area contributed by atoms with Crippen LogP contribution in [0.15, 0.2) is 45.6 Å². The van der Waals surface area contributed by atoms with Gasteiger partial charge in [-0.15, -0.1) is 0 Å². The van der Waals surface area contributed by atoms with Crippen molar-refractivity contribution in [3.63, 3.8) is 0 Å². The van der Waals surface area contributed by atoms with E-state index in [1.807, 2.05) is 6.92 Å². The van der Waals surface area contributed by atoms with E-state index in [0.29, 0.717) is 33.6 Å². The summed E-state index contributed by atoms with van der Waals surface area (Å²) in [6.07, 6.45) is 0.732. The van der Waals surface area contributed by atoms with Crippen LogP contribution in [-0.4, -0.2) is 31.5 Å². The molecule has 158 valence electrons. The lowest BCUT2D eigenvalue weighted by atomic mass is 10.1. The minimum absolute atomic E-state index is 0.0954. The van der Waals surface area contributed by atoms with Crippen LogP contribution in [0.2, 0.25) is 10.0 Å². The number of benzene rings is 2. The molecule has 0 spiro atoms. The Morgan fingerprint density at radius 2 is 1.93 bits per heavy atom. The highest BCUT2D eigenvalue weighted by Crippen LogP contribution is 2.28. The average Bonchev–Trinajstić information content (AvgIpc) is 2.68. The van der Waals surface area contributed by atoms with Gasteiger partial charge in [0.05, 0.1) is 19.3 Å². The van der Waals surface area contributed by atoms with Gasteiger partial charge in [0.15, 0.2) is 0 Å². The Kier molecular flexibility index (Phi) is 7.02. The van der Waals surface area contributed by atoms with Crippen molar-refractivity contribution in [1.82, 2.24) is 4.90 Å². The van der Waals surface area contributed by atoms with Crippen molar-refractivity contribution in [3.05, 3.63) is 68.0 Å². The van der Waals surface area contributed by atoms with E-state index in [1.165, 1.54) is 13.2 Å². The third kappa shape index (κ3) is 5.14. The highest BCUT2D eigenvalue weighted by molar-refractivity contribution is 6.32. The van der Waals surface area contributed by atoms with Gasteiger partial charge in [-0.05, 0) is 54.9 Å². The molecule has 0 aliphatic heterocycles. The molecule has 6 nitrogen and oxygen atoms in total. The number of hydrogen-bond acceptors (Lipinski definition) is 5. The number of carbonyl (C=O) groups is 1. The molecule has 0 aliphatic rings. The van der Waals surface area contributed by atoms with Gasteiger partial charge in [-0.1, -0.05) is 30.1 Å². The van der Waals surface area contributed by atoms with Crippen molar-refractivity contribution >= 4 is 45.8 Å². The molecule has 0 saturated heterocycles. The maximum atomic E-state index is 12.5. The van der Waals surface area contributed by atoms with E-state index < -0.39 is 5.63 Å². The Bertz CT molecular complexity index is 1140. The number of carbonyl (C=O) groups excluding carboxylic acids is 1. The fourth-order valence-corrected chi connectivity index (χ4v) is 3.72. The molecule has 0 saturated carbocycles. The summed E-state index contributed by atoms with van der Waals surface area (Å²) in [5.41, 5.74) is 2.19. The van der Waals surface area contributed by atoms with Gasteiger partial charge in [-0.25, -0.2) is 4.79 Å². The molecule has 1 aromatic heterocycles. The van der Waals surface area contributed by atoms with E-state index in [4.69, 9.17) is 32.4 Å². The molecular formula is C22H22Cl2N2O4. The minimum atomic E-state index is -0.441. The third-order valence-electron chi connectivity index (χ3n) is 4.67. The van der Waals surface area contributed by atoms with Crippen molar-refractivity contribution in [2.75, 3.05) is 26.0 Å². The van der Waals surface area contributed by atoms with E-state index in [0.717, 1.165) is 22.9 Å². The second-order valence-electron chi connectivity index (χ2n) is 6.95. The lowest BCUT2D eigenvalue weighted by Crippen LogP contribution is -2.30. The number of rotatable bonds is 7. The van der Waals surface area contributed by atoms with Crippen molar-refractivity contribution in [2.24, 2.45) is 0 Å². The van der Waals surface area contributed by atoms with Gasteiger partial charge >= 0.3 is 5.63 Å². The fourth-order valence-electron chi connectivity index (χ4n) is 3.25. The number of nitrogens with zero attached hydrogens (tertiary/aromatic N) is 1. The maximum Gasteiger partial charge on any atom is 0.336 e. The van der Waals surface area contributed by atoms with Crippen molar-refractivity contribution in [3.8, 4) is 5.75 Å². The van der Waals surface area contributed by atoms with Gasteiger partial charge in [-0.3, -0.25) is 9.69 Å². The lowest BCUT2D eigenvalue weighted by Gasteiger charge is -2.18. The van der Waals surface area contributed by atoms with Crippen LogP contribution in [0, 0.1) is 0 Å². The normalized spacial score (nSPS) is 11.1. The number of hydrogen-bond donors (Lipinski definition) is 1. The predicted molar refractivity (Wildman–Crippen MR) is 120 cm³/mol. The van der Waals surface area contributed by atoms with Crippen LogP contribution in [0.3, 0.4) is 0 Å². The Hall–Kier alpha value is -2.54. The van der Waals surface area contributed by atoms with Gasteiger partial charge in [-0.2, -0.15) is 0 Å². The first-order chi connectivity index (χ1) is 14.3. The summed E-state index contributed by atoms with van der Waals surface area (Å²) in [5, 5.41) is 4.66. The average molecular weight is 449 g/mol. The summed E-state index contributed by atoms with van der Waals surface area (Å²) in [4.78, 5) is 26.3. The van der Waals surface area contributed by atoms with Crippen LogP contribution in [0.1, 0.15) is 18.1 Å². The quantitative estimate of drug-likeness (QED) is 0.528. The Labute approximate surface area is 184 Å². The van der Waals surface area contributed by atoms with Crippen molar-refractivity contribution < 1.29 is 13.9 Å². The van der Waals surface area contributed by atoms with Crippen LogP contribution in [0.4, 0.5) is 5.69 Å². The van der Waals surface area contributed by atoms with Gasteiger partial charge in [0.1, 0.15) is 11.3 Å². The molecule has 0 atom stereocenters. The zero-order valence-corrected chi connectivity index (χ0v) is 18.4. The molecule has 1 amide bonds. The number of fused-ring (bicyclic) bond motifs is 1. The van der Waals surface area contributed by atoms with Gasteiger partial charge in [0.2, 0.25) is 5.91 Å². The van der Waals surface area contributed by atoms with Crippen LogP contribution >= 0.6 is 23.2 Å². The summed E-state index contributed by atoms with van der Waals surface area (Å²) in [5.74, 6) is 0.278. The SMILES string of the molecule is CCc1cc2oc(=O)cc(CN(C)CC(=O)Nc3cc(Cl)ccc3OC)c2cc1Cl. The molecule has 0 radical (unpaired) electrons. The Balaban J connectivity index is 1.78. The van der Waals surface area contributed by atoms with E-state index in [2.05, 4.69) is 5.32 Å². The van der Waals surface area contributed by atoms with Gasteiger partial charge < -0.3 is 14.5 Å². The fraction of sp³-hybridized carbons (Fsp3) is 0.273. The molecule has 8 heteroatoms.